The number of rotatable bonds is 6. The van der Waals surface area contributed by atoms with Crippen LogP contribution in [0.3, 0.4) is 0 Å². The van der Waals surface area contributed by atoms with E-state index in [1.807, 2.05) is 30.3 Å². The fourth-order valence-corrected chi connectivity index (χ4v) is 2.85. The number of methoxy groups -OCH3 is 1. The minimum absolute atomic E-state index is 0.288. The summed E-state index contributed by atoms with van der Waals surface area (Å²) >= 11 is 0. The molecule has 0 aliphatic carbocycles. The molecule has 24 heavy (non-hydrogen) atoms. The van der Waals surface area contributed by atoms with E-state index in [1.54, 1.807) is 7.11 Å². The quantitative estimate of drug-likeness (QED) is 0.825. The van der Waals surface area contributed by atoms with Crippen LogP contribution in [0.2, 0.25) is 0 Å². The summed E-state index contributed by atoms with van der Waals surface area (Å²) < 4.78 is 10.4. The molecule has 126 valence electrons. The Hall–Kier alpha value is -2.56. The lowest BCUT2D eigenvalue weighted by molar-refractivity contribution is 0.0481. The number of cyclic esters (lactones) is 1. The van der Waals surface area contributed by atoms with Crippen LogP contribution < -0.4 is 10.1 Å². The number of esters is 1. The molecule has 0 saturated carbocycles. The number of benzene rings is 1. The number of nitrogens with one attached hydrogen (secondary N) is 1. The molecule has 0 fully saturated rings. The Morgan fingerprint density at radius 2 is 2.08 bits per heavy atom. The molecule has 0 atom stereocenters. The highest BCUT2D eigenvalue weighted by Gasteiger charge is 2.24. The minimum Gasteiger partial charge on any atom is -0.497 e. The van der Waals surface area contributed by atoms with Crippen molar-refractivity contribution in [1.29, 1.82) is 0 Å². The maximum absolute atomic E-state index is 12.2. The average Bonchev–Trinajstić information content (AvgIpc) is 2.60. The smallest absolute Gasteiger partial charge is 0.342 e. The van der Waals surface area contributed by atoms with Crippen molar-refractivity contribution in [2.75, 3.05) is 19.0 Å². The van der Waals surface area contributed by atoms with Gasteiger partial charge in [0.05, 0.1) is 13.7 Å². The molecule has 2 heterocycles. The van der Waals surface area contributed by atoms with E-state index in [4.69, 9.17) is 9.47 Å². The van der Waals surface area contributed by atoms with E-state index in [9.17, 15) is 4.79 Å². The summed E-state index contributed by atoms with van der Waals surface area (Å²) in [4.78, 5) is 16.8. The molecule has 1 N–H and O–H groups in total. The van der Waals surface area contributed by atoms with Crippen molar-refractivity contribution in [1.82, 2.24) is 4.98 Å². The van der Waals surface area contributed by atoms with Crippen LogP contribution in [0.5, 0.6) is 5.75 Å². The summed E-state index contributed by atoms with van der Waals surface area (Å²) in [5.41, 5.74) is 3.72. The van der Waals surface area contributed by atoms with Crippen LogP contribution in [0.1, 0.15) is 40.5 Å². The number of hydrogen-bond acceptors (Lipinski definition) is 5. The number of ether oxygens (including phenoxy) is 2. The third-order valence-electron chi connectivity index (χ3n) is 4.09. The molecule has 5 nitrogen and oxygen atoms in total. The SMILES string of the molecule is CCCc1cc2c(c(NCc3ccc(OC)cc3)n1)C(=O)OCC2. The molecule has 2 aromatic rings. The number of anilines is 1. The van der Waals surface area contributed by atoms with E-state index in [1.165, 1.54) is 0 Å². The van der Waals surface area contributed by atoms with Gasteiger partial charge in [-0.1, -0.05) is 25.5 Å². The Balaban J connectivity index is 1.84. The van der Waals surface area contributed by atoms with Crippen molar-refractivity contribution in [2.45, 2.75) is 32.7 Å². The van der Waals surface area contributed by atoms with Crippen LogP contribution in [0.4, 0.5) is 5.82 Å². The van der Waals surface area contributed by atoms with Crippen molar-refractivity contribution in [3.05, 3.63) is 52.7 Å². The largest absolute Gasteiger partial charge is 0.497 e. The monoisotopic (exact) mass is 326 g/mol. The summed E-state index contributed by atoms with van der Waals surface area (Å²) in [6, 6.07) is 9.86. The topological polar surface area (TPSA) is 60.5 Å². The van der Waals surface area contributed by atoms with E-state index >= 15 is 0 Å². The first-order valence-electron chi connectivity index (χ1n) is 8.28. The fourth-order valence-electron chi connectivity index (χ4n) is 2.85. The van der Waals surface area contributed by atoms with E-state index < -0.39 is 0 Å². The van der Waals surface area contributed by atoms with Crippen molar-refractivity contribution in [3.8, 4) is 5.75 Å². The Kier molecular flexibility index (Phi) is 4.99. The Bertz CT molecular complexity index is 726. The molecular formula is C19H22N2O3. The zero-order valence-corrected chi connectivity index (χ0v) is 14.1. The van der Waals surface area contributed by atoms with Crippen LogP contribution in [0.25, 0.3) is 0 Å². The predicted molar refractivity (Wildman–Crippen MR) is 92.5 cm³/mol. The molecule has 0 spiro atoms. The van der Waals surface area contributed by atoms with E-state index in [0.717, 1.165) is 41.8 Å². The van der Waals surface area contributed by atoms with Crippen LogP contribution in [-0.4, -0.2) is 24.7 Å². The minimum atomic E-state index is -0.288. The maximum atomic E-state index is 12.2. The summed E-state index contributed by atoms with van der Waals surface area (Å²) in [6.07, 6.45) is 2.67. The van der Waals surface area contributed by atoms with Crippen LogP contribution in [0.15, 0.2) is 30.3 Å². The first-order chi connectivity index (χ1) is 11.7. The molecule has 0 unspecified atom stereocenters. The summed E-state index contributed by atoms with van der Waals surface area (Å²) in [7, 11) is 1.65. The molecule has 1 aromatic heterocycles. The number of nitrogens with zero attached hydrogens (tertiary/aromatic N) is 1. The van der Waals surface area contributed by atoms with E-state index in [2.05, 4.69) is 17.2 Å². The lowest BCUT2D eigenvalue weighted by Gasteiger charge is -2.20. The standard InChI is InChI=1S/C19H22N2O3/c1-3-4-15-11-14-9-10-24-19(22)17(14)18(21-15)20-12-13-5-7-16(23-2)8-6-13/h5-8,11H,3-4,9-10,12H2,1-2H3,(H,20,21). The zero-order chi connectivity index (χ0) is 16.9. The molecule has 3 rings (SSSR count). The van der Waals surface area contributed by atoms with Gasteiger partial charge in [0.2, 0.25) is 0 Å². The average molecular weight is 326 g/mol. The van der Waals surface area contributed by atoms with Gasteiger partial charge in [0, 0.05) is 18.7 Å². The van der Waals surface area contributed by atoms with Gasteiger partial charge in [0.15, 0.2) is 0 Å². The normalized spacial score (nSPS) is 13.2. The number of carbonyl (C=O) groups excluding carboxylic acids is 1. The molecule has 1 aliphatic heterocycles. The van der Waals surface area contributed by atoms with Crippen molar-refractivity contribution in [2.24, 2.45) is 0 Å². The van der Waals surface area contributed by atoms with E-state index in [-0.39, 0.29) is 5.97 Å². The Morgan fingerprint density at radius 3 is 2.79 bits per heavy atom. The van der Waals surface area contributed by atoms with Crippen molar-refractivity contribution < 1.29 is 14.3 Å². The van der Waals surface area contributed by atoms with Crippen LogP contribution in [0, 0.1) is 0 Å². The highest BCUT2D eigenvalue weighted by atomic mass is 16.5. The number of pyridine rings is 1. The first kappa shape index (κ1) is 16.3. The summed E-state index contributed by atoms with van der Waals surface area (Å²) in [6.45, 7) is 3.16. The lowest BCUT2D eigenvalue weighted by Crippen LogP contribution is -2.21. The second kappa shape index (κ2) is 7.34. The van der Waals surface area contributed by atoms with E-state index in [0.29, 0.717) is 24.5 Å². The molecule has 0 bridgehead atoms. The van der Waals surface area contributed by atoms with Gasteiger partial charge in [-0.3, -0.25) is 0 Å². The molecule has 0 saturated heterocycles. The predicted octanol–water partition coefficient (Wildman–Crippen LogP) is 3.37. The third kappa shape index (κ3) is 3.50. The van der Waals surface area contributed by atoms with Gasteiger partial charge in [-0.15, -0.1) is 0 Å². The second-order valence-electron chi connectivity index (χ2n) is 5.83. The summed E-state index contributed by atoms with van der Waals surface area (Å²) in [5.74, 6) is 1.16. The highest BCUT2D eigenvalue weighted by Crippen LogP contribution is 2.25. The number of aromatic nitrogens is 1. The molecule has 1 aromatic carbocycles. The van der Waals surface area contributed by atoms with Crippen molar-refractivity contribution in [3.63, 3.8) is 0 Å². The third-order valence-corrected chi connectivity index (χ3v) is 4.09. The van der Waals surface area contributed by atoms with Gasteiger partial charge in [-0.05, 0) is 35.7 Å². The molecule has 0 radical (unpaired) electrons. The van der Waals surface area contributed by atoms with Crippen molar-refractivity contribution >= 4 is 11.8 Å². The van der Waals surface area contributed by atoms with Gasteiger partial charge in [0.1, 0.15) is 17.1 Å². The number of aryl methyl sites for hydroxylation is 1. The molecule has 0 amide bonds. The first-order valence-corrected chi connectivity index (χ1v) is 8.28. The molecule has 5 heteroatoms. The number of hydrogen-bond donors (Lipinski definition) is 1. The maximum Gasteiger partial charge on any atom is 0.342 e. The van der Waals surface area contributed by atoms with Crippen LogP contribution in [-0.2, 0) is 24.1 Å². The van der Waals surface area contributed by atoms with Gasteiger partial charge in [0.25, 0.3) is 0 Å². The second-order valence-corrected chi connectivity index (χ2v) is 5.83. The van der Waals surface area contributed by atoms with Gasteiger partial charge in [-0.25, -0.2) is 9.78 Å². The molecule has 1 aliphatic rings. The van der Waals surface area contributed by atoms with Gasteiger partial charge >= 0.3 is 5.97 Å². The van der Waals surface area contributed by atoms with Crippen LogP contribution >= 0.6 is 0 Å². The number of carbonyl (C=O) groups is 1. The number of fused-ring (bicyclic) bond motifs is 1. The Labute approximate surface area is 142 Å². The summed E-state index contributed by atoms with van der Waals surface area (Å²) in [5, 5.41) is 3.30. The van der Waals surface area contributed by atoms with Gasteiger partial charge < -0.3 is 14.8 Å². The Morgan fingerprint density at radius 1 is 1.29 bits per heavy atom. The highest BCUT2D eigenvalue weighted by molar-refractivity contribution is 5.97. The van der Waals surface area contributed by atoms with Gasteiger partial charge in [-0.2, -0.15) is 0 Å². The zero-order valence-electron chi connectivity index (χ0n) is 14.1. The molecular weight excluding hydrogens is 304 g/mol. The fraction of sp³-hybridized carbons (Fsp3) is 0.368. The lowest BCUT2D eigenvalue weighted by atomic mass is 10.0.